The van der Waals surface area contributed by atoms with Gasteiger partial charge in [0.2, 0.25) is 11.8 Å². The van der Waals surface area contributed by atoms with Crippen molar-refractivity contribution in [3.05, 3.63) is 0 Å². The van der Waals surface area contributed by atoms with Crippen molar-refractivity contribution >= 4 is 41.7 Å². The zero-order valence-corrected chi connectivity index (χ0v) is 25.3. The third kappa shape index (κ3) is 10.7. The maximum absolute atomic E-state index is 12.3. The molecule has 2 aliphatic heterocycles. The van der Waals surface area contributed by atoms with E-state index in [1.165, 1.54) is 0 Å². The van der Waals surface area contributed by atoms with Gasteiger partial charge < -0.3 is 53.6 Å². The van der Waals surface area contributed by atoms with E-state index in [4.69, 9.17) is 37.9 Å². The van der Waals surface area contributed by atoms with E-state index in [9.17, 15) is 38.7 Å². The lowest BCUT2D eigenvalue weighted by Gasteiger charge is -2.49. The maximum Gasteiger partial charge on any atom is 0.303 e. The summed E-state index contributed by atoms with van der Waals surface area (Å²) in [5.41, 5.74) is 0. The summed E-state index contributed by atoms with van der Waals surface area (Å²) in [6, 6.07) is -2.83. The van der Waals surface area contributed by atoms with Crippen LogP contribution in [0.25, 0.3) is 0 Å². The Hall–Kier alpha value is -3.87. The highest BCUT2D eigenvalue weighted by Gasteiger charge is 2.55. The third-order valence-corrected chi connectivity index (χ3v) is 6.15. The Morgan fingerprint density at radius 1 is 0.568 bits per heavy atom. The first-order chi connectivity index (χ1) is 20.5. The van der Waals surface area contributed by atoms with Gasteiger partial charge in [0.15, 0.2) is 30.9 Å². The molecule has 3 N–H and O–H groups in total. The van der Waals surface area contributed by atoms with Crippen molar-refractivity contribution in [3.63, 3.8) is 0 Å². The fourth-order valence-electron chi connectivity index (χ4n) is 4.70. The molecule has 248 valence electrons. The van der Waals surface area contributed by atoms with Crippen molar-refractivity contribution in [1.82, 2.24) is 10.6 Å². The van der Waals surface area contributed by atoms with Gasteiger partial charge in [-0.3, -0.25) is 33.6 Å². The van der Waals surface area contributed by atoms with E-state index >= 15 is 0 Å². The van der Waals surface area contributed by atoms with Crippen molar-refractivity contribution in [2.45, 2.75) is 110 Å². The molecule has 6 unspecified atom stereocenters. The van der Waals surface area contributed by atoms with Gasteiger partial charge in [-0.05, 0) is 0 Å². The van der Waals surface area contributed by atoms with Crippen LogP contribution in [0.1, 0.15) is 48.5 Å². The Morgan fingerprint density at radius 2 is 0.977 bits per heavy atom. The second-order valence-corrected chi connectivity index (χ2v) is 9.99. The van der Waals surface area contributed by atoms with Crippen LogP contribution in [0.2, 0.25) is 0 Å². The van der Waals surface area contributed by atoms with Crippen LogP contribution in [-0.2, 0) is 71.5 Å². The number of esters is 5. The van der Waals surface area contributed by atoms with Gasteiger partial charge in [0.25, 0.3) is 0 Å². The first kappa shape index (κ1) is 36.3. The number of hydrogen-bond acceptors (Lipinski definition) is 16. The number of carbonyl (C=O) groups excluding carboxylic acids is 7. The van der Waals surface area contributed by atoms with Crippen molar-refractivity contribution in [1.29, 1.82) is 0 Å². The summed E-state index contributed by atoms with van der Waals surface area (Å²) < 4.78 is 44.2. The molecule has 2 saturated heterocycles. The van der Waals surface area contributed by atoms with E-state index in [1.54, 1.807) is 0 Å². The van der Waals surface area contributed by atoms with Gasteiger partial charge in [-0.25, -0.2) is 0 Å². The van der Waals surface area contributed by atoms with Crippen LogP contribution in [0.3, 0.4) is 0 Å². The second-order valence-electron chi connectivity index (χ2n) is 9.99. The number of aliphatic hydroxyl groups excluding tert-OH is 1. The number of aliphatic hydroxyl groups is 1. The molecule has 0 aromatic heterocycles. The molecule has 0 bridgehead atoms. The summed E-state index contributed by atoms with van der Waals surface area (Å²) in [4.78, 5) is 83.8. The number of ether oxygens (including phenoxy) is 8. The second kappa shape index (κ2) is 16.3. The Kier molecular flexibility index (Phi) is 13.4. The summed E-state index contributed by atoms with van der Waals surface area (Å²) in [5, 5.41) is 15.6. The number of nitrogens with one attached hydrogen (secondary N) is 2. The molecule has 0 aromatic carbocycles. The lowest BCUT2D eigenvalue weighted by Crippen LogP contribution is -2.70. The van der Waals surface area contributed by atoms with Gasteiger partial charge in [-0.1, -0.05) is 0 Å². The van der Waals surface area contributed by atoms with Crippen molar-refractivity contribution in [2.75, 3.05) is 13.2 Å². The topological polar surface area (TPSA) is 238 Å². The molecule has 44 heavy (non-hydrogen) atoms. The van der Waals surface area contributed by atoms with E-state index in [0.29, 0.717) is 0 Å². The number of carbonyl (C=O) groups is 7. The fraction of sp³-hybridized carbons (Fsp3) is 0.731. The summed E-state index contributed by atoms with van der Waals surface area (Å²) in [7, 11) is 0. The quantitative estimate of drug-likeness (QED) is 0.161. The summed E-state index contributed by atoms with van der Waals surface area (Å²) in [6.07, 6.45) is -12.1. The predicted molar refractivity (Wildman–Crippen MR) is 140 cm³/mol. The first-order valence-electron chi connectivity index (χ1n) is 13.5. The first-order valence-corrected chi connectivity index (χ1v) is 13.5. The molecule has 2 heterocycles. The summed E-state index contributed by atoms with van der Waals surface area (Å²) in [6.45, 7) is 6.58. The van der Waals surface area contributed by atoms with Gasteiger partial charge in [0.1, 0.15) is 43.6 Å². The molecule has 0 aliphatic carbocycles. The molecule has 2 amide bonds. The van der Waals surface area contributed by atoms with E-state index in [0.717, 1.165) is 48.5 Å². The van der Waals surface area contributed by atoms with Crippen LogP contribution in [-0.4, -0.2) is 121 Å². The minimum absolute atomic E-state index is 0.531. The molecule has 2 rings (SSSR count). The SMILES string of the molecule is CC(=O)NC1C(OC(C)=O)[C@H](OC(C)=O)C(COC(C)=O)O[C@H]1O[C@@H]1C(COC(C)=O)O[C@H](O)C(NC(C)=O)C1OC(C)=O. The van der Waals surface area contributed by atoms with E-state index in [1.807, 2.05) is 0 Å². The highest BCUT2D eigenvalue weighted by molar-refractivity contribution is 5.74. The van der Waals surface area contributed by atoms with E-state index in [-0.39, 0.29) is 0 Å². The molecule has 0 spiro atoms. The summed E-state index contributed by atoms with van der Waals surface area (Å²) in [5.74, 6) is -5.31. The maximum atomic E-state index is 12.3. The van der Waals surface area contributed by atoms with Crippen LogP contribution in [0.5, 0.6) is 0 Å². The highest BCUT2D eigenvalue weighted by atomic mass is 16.7. The van der Waals surface area contributed by atoms with Crippen LogP contribution < -0.4 is 10.6 Å². The Balaban J connectivity index is 2.66. The normalized spacial score (nSPS) is 31.5. The number of hydrogen-bond donors (Lipinski definition) is 3. The molecule has 0 radical (unpaired) electrons. The summed E-state index contributed by atoms with van der Waals surface area (Å²) >= 11 is 0. The zero-order valence-electron chi connectivity index (χ0n) is 25.3. The van der Waals surface area contributed by atoms with E-state index < -0.39 is 116 Å². The molecule has 0 saturated carbocycles. The van der Waals surface area contributed by atoms with Gasteiger partial charge in [0, 0.05) is 48.5 Å². The molecule has 18 heteroatoms. The Morgan fingerprint density at radius 3 is 1.41 bits per heavy atom. The van der Waals surface area contributed by atoms with Gasteiger partial charge in [-0.2, -0.15) is 0 Å². The highest BCUT2D eigenvalue weighted by Crippen LogP contribution is 2.33. The number of amides is 2. The molecule has 0 aromatic rings. The van der Waals surface area contributed by atoms with Crippen LogP contribution in [0.15, 0.2) is 0 Å². The van der Waals surface area contributed by atoms with Crippen LogP contribution >= 0.6 is 0 Å². The van der Waals surface area contributed by atoms with Gasteiger partial charge >= 0.3 is 29.8 Å². The van der Waals surface area contributed by atoms with Gasteiger partial charge in [-0.15, -0.1) is 0 Å². The molecule has 2 aliphatic rings. The Bertz CT molecular complexity index is 1100. The molecular weight excluding hydrogens is 596 g/mol. The minimum atomic E-state index is -1.78. The van der Waals surface area contributed by atoms with Crippen LogP contribution in [0, 0.1) is 0 Å². The molecular formula is C26H38N2O16. The predicted octanol–water partition coefficient (Wildman–Crippen LogP) is -2.26. The molecule has 2 fully saturated rings. The van der Waals surface area contributed by atoms with E-state index in [2.05, 4.69) is 10.6 Å². The molecule has 10 atom stereocenters. The van der Waals surface area contributed by atoms with Crippen molar-refractivity contribution < 1.29 is 76.6 Å². The minimum Gasteiger partial charge on any atom is -0.463 e. The average molecular weight is 635 g/mol. The van der Waals surface area contributed by atoms with Crippen molar-refractivity contribution in [3.8, 4) is 0 Å². The lowest BCUT2D eigenvalue weighted by atomic mass is 9.94. The smallest absolute Gasteiger partial charge is 0.303 e. The van der Waals surface area contributed by atoms with Crippen LogP contribution in [0.4, 0.5) is 0 Å². The third-order valence-electron chi connectivity index (χ3n) is 6.15. The molecule has 18 nitrogen and oxygen atoms in total. The standard InChI is InChI=1S/C26H38N2O16/c1-10(29)27-19-23(40-15(6)34)22(17(42-25(19)36)8-37-12(3)31)44-26-20(28-11(2)30)24(41-16(7)35)21(39-14(5)33)18(43-26)9-38-13(4)32/h17-26,36H,8-9H2,1-7H3,(H,27,29)(H,28,30)/t17?,18?,19?,20?,21-,22-,23?,24?,25+,26+/m1/s1. The van der Waals surface area contributed by atoms with Gasteiger partial charge in [0.05, 0.1) is 0 Å². The number of rotatable bonds is 11. The van der Waals surface area contributed by atoms with Crippen molar-refractivity contribution in [2.24, 2.45) is 0 Å². The zero-order chi connectivity index (χ0) is 33.3. The largest absolute Gasteiger partial charge is 0.463 e. The fourth-order valence-corrected chi connectivity index (χ4v) is 4.70. The average Bonchev–Trinajstić information content (AvgIpc) is 2.87. The Labute approximate surface area is 252 Å². The monoisotopic (exact) mass is 634 g/mol. The lowest BCUT2D eigenvalue weighted by molar-refractivity contribution is -0.330.